The third kappa shape index (κ3) is 4.56. The molecule has 5 nitrogen and oxygen atoms in total. The fraction of sp³-hybridized carbons (Fsp3) is 0.0196. The molecule has 4 aromatic heterocycles. The third-order valence-corrected chi connectivity index (χ3v) is 16.9. The van der Waals surface area contributed by atoms with E-state index in [9.17, 15) is 0 Å². The van der Waals surface area contributed by atoms with Gasteiger partial charge in [0.15, 0.2) is 14.2 Å². The fourth-order valence-corrected chi connectivity index (χ4v) is 14.7. The predicted octanol–water partition coefficient (Wildman–Crippen LogP) is 10.2. The van der Waals surface area contributed by atoms with Crippen LogP contribution in [0, 0.1) is 0 Å². The molecule has 0 bridgehead atoms. The first-order valence-electron chi connectivity index (χ1n) is 19.5. The smallest absolute Gasteiger partial charge is 0.186 e. The number of hydrogen-bond donors (Lipinski definition) is 0. The summed E-state index contributed by atoms with van der Waals surface area (Å²) in [6.45, 7) is 0. The van der Waals surface area contributed by atoms with Crippen molar-refractivity contribution in [3.8, 4) is 0 Å². The van der Waals surface area contributed by atoms with Crippen molar-refractivity contribution < 1.29 is 8.81 Å². The van der Waals surface area contributed by atoms with Crippen molar-refractivity contribution in [1.82, 2.24) is 14.4 Å². The number of halogens is 1. The van der Waals surface area contributed by atoms with Crippen LogP contribution in [0.2, 0.25) is 0 Å². The third-order valence-electron chi connectivity index (χ3n) is 12.1. The molecular formula is C51H33FN4OSi. The Kier molecular flexibility index (Phi) is 7.12. The van der Waals surface area contributed by atoms with Gasteiger partial charge in [-0.1, -0.05) is 133 Å². The van der Waals surface area contributed by atoms with Crippen LogP contribution in [-0.2, 0) is 0 Å². The Morgan fingerprint density at radius 2 is 1.28 bits per heavy atom. The Labute approximate surface area is 333 Å². The van der Waals surface area contributed by atoms with Crippen LogP contribution in [0.1, 0.15) is 17.3 Å². The van der Waals surface area contributed by atoms with Crippen LogP contribution in [0.3, 0.4) is 0 Å². The lowest BCUT2D eigenvalue weighted by molar-refractivity contribution is 0.402. The van der Waals surface area contributed by atoms with Gasteiger partial charge in [0.25, 0.3) is 0 Å². The van der Waals surface area contributed by atoms with Gasteiger partial charge >= 0.3 is 0 Å². The van der Waals surface area contributed by atoms with Crippen LogP contribution in [0.15, 0.2) is 199 Å². The molecule has 0 spiro atoms. The topological polar surface area (TPSA) is 46.6 Å². The number of pyridine rings is 2. The number of furan rings is 1. The number of nitrogens with zero attached hydrogens (tertiary/aromatic N) is 4. The molecule has 0 amide bonds. The largest absolute Gasteiger partial charge is 0.456 e. The summed E-state index contributed by atoms with van der Waals surface area (Å²) in [6, 6.07) is 60.8. The molecule has 0 aliphatic carbocycles. The lowest BCUT2D eigenvalue weighted by Crippen LogP contribution is -2.77. The van der Waals surface area contributed by atoms with Crippen LogP contribution >= 0.6 is 0 Å². The molecule has 0 saturated heterocycles. The molecule has 0 N–H and O–H groups in total. The average Bonchev–Trinajstić information content (AvgIpc) is 3.95. The molecule has 7 aromatic carbocycles. The maximum absolute atomic E-state index is 17.3. The molecule has 0 fully saturated rings. The second kappa shape index (κ2) is 12.6. The number of benzene rings is 7. The molecule has 274 valence electrons. The minimum absolute atomic E-state index is 0.556. The highest BCUT2D eigenvalue weighted by molar-refractivity contribution is 7.21. The van der Waals surface area contributed by atoms with Crippen molar-refractivity contribution in [3.63, 3.8) is 0 Å². The summed E-state index contributed by atoms with van der Waals surface area (Å²) >= 11 is 0. The number of hydrogen-bond acceptors (Lipinski definition) is 4. The first kappa shape index (κ1) is 32.8. The van der Waals surface area contributed by atoms with E-state index in [1.165, 1.54) is 20.7 Å². The van der Waals surface area contributed by atoms with Gasteiger partial charge in [-0.25, -0.2) is 14.4 Å². The first-order valence-corrected chi connectivity index (χ1v) is 21.5. The van der Waals surface area contributed by atoms with Crippen LogP contribution in [-0.4, -0.2) is 22.4 Å². The lowest BCUT2D eigenvalue weighted by Gasteiger charge is -2.44. The first-order chi connectivity index (χ1) is 28.7. The van der Waals surface area contributed by atoms with Gasteiger partial charge in [-0.05, 0) is 79.7 Å². The molecule has 0 radical (unpaired) electrons. The Morgan fingerprint density at radius 1 is 0.534 bits per heavy atom. The summed E-state index contributed by atoms with van der Waals surface area (Å²) in [5.41, 5.74) is 6.46. The zero-order chi connectivity index (χ0) is 38.4. The zero-order valence-electron chi connectivity index (χ0n) is 31.1. The summed E-state index contributed by atoms with van der Waals surface area (Å²) in [7, 11) is -3.01. The second-order valence-corrected chi connectivity index (χ2v) is 18.8. The number of aromatic nitrogens is 3. The standard InChI is InChI=1S/C51H33FN4OSi/c52-48(34-24-25-38-39-19-7-9-21-42(39)55-30-29-54-50(55)41(38)32-34)33-13-11-14-35(31-33)56-49-45(27-26-44-47(49)40-20-8-10-22-43(40)57-44)58(36-15-3-1-4-16-36,37-17-5-2-6-18-37)46-23-12-28-53-51(46)56/h1-32,48H. The Morgan fingerprint density at radius 3 is 2.10 bits per heavy atom. The summed E-state index contributed by atoms with van der Waals surface area (Å²) in [6.07, 6.45) is 4.25. The number of para-hydroxylation sites is 2. The molecule has 1 aliphatic heterocycles. The van der Waals surface area contributed by atoms with E-state index in [0.29, 0.717) is 11.1 Å². The number of alkyl halides is 1. The number of anilines is 3. The number of imidazole rings is 1. The predicted molar refractivity (Wildman–Crippen MR) is 237 cm³/mol. The highest BCUT2D eigenvalue weighted by Gasteiger charge is 2.50. The van der Waals surface area contributed by atoms with Gasteiger partial charge < -0.3 is 4.42 Å². The van der Waals surface area contributed by atoms with E-state index in [0.717, 1.165) is 66.5 Å². The quantitative estimate of drug-likeness (QED) is 0.129. The van der Waals surface area contributed by atoms with Crippen LogP contribution in [0.25, 0.3) is 49.3 Å². The van der Waals surface area contributed by atoms with Gasteiger partial charge in [0.2, 0.25) is 0 Å². The van der Waals surface area contributed by atoms with E-state index in [1.807, 2.05) is 73.1 Å². The highest BCUT2D eigenvalue weighted by atomic mass is 28.3. The van der Waals surface area contributed by atoms with E-state index in [-0.39, 0.29) is 0 Å². The SMILES string of the molecule is FC(c1cccc(N2c3ncccc3[Si](c3ccccc3)(c3ccccc3)c3ccc4oc5ccccc5c4c32)c1)c1ccc2c3ccccc3n3ccnc3c2c1. The number of rotatable bonds is 5. The van der Waals surface area contributed by atoms with E-state index < -0.39 is 14.2 Å². The van der Waals surface area contributed by atoms with Crippen molar-refractivity contribution in [3.05, 3.63) is 206 Å². The van der Waals surface area contributed by atoms with Crippen molar-refractivity contribution in [2.75, 3.05) is 4.90 Å². The monoisotopic (exact) mass is 764 g/mol. The van der Waals surface area contributed by atoms with Gasteiger partial charge in [0, 0.05) is 40.4 Å². The van der Waals surface area contributed by atoms with Crippen molar-refractivity contribution in [2.24, 2.45) is 0 Å². The lowest BCUT2D eigenvalue weighted by atomic mass is 9.97. The van der Waals surface area contributed by atoms with Gasteiger partial charge in [-0.15, -0.1) is 0 Å². The molecule has 7 heteroatoms. The van der Waals surface area contributed by atoms with Crippen molar-refractivity contribution >= 4 is 95.3 Å². The van der Waals surface area contributed by atoms with Crippen LogP contribution < -0.4 is 25.6 Å². The Hall–Kier alpha value is -7.35. The van der Waals surface area contributed by atoms with E-state index in [2.05, 4.69) is 125 Å². The normalized spacial score (nSPS) is 14.0. The molecule has 1 atom stereocenters. The van der Waals surface area contributed by atoms with Gasteiger partial charge in [-0.2, -0.15) is 0 Å². The Balaban J connectivity index is 1.11. The minimum atomic E-state index is -3.01. The maximum Gasteiger partial charge on any atom is 0.186 e. The molecule has 11 aromatic rings. The van der Waals surface area contributed by atoms with E-state index >= 15 is 4.39 Å². The van der Waals surface area contributed by atoms with Crippen LogP contribution in [0.4, 0.5) is 21.6 Å². The van der Waals surface area contributed by atoms with E-state index in [1.54, 1.807) is 6.20 Å². The summed E-state index contributed by atoms with van der Waals surface area (Å²) in [5, 5.41) is 10.0. The molecule has 5 heterocycles. The minimum Gasteiger partial charge on any atom is -0.456 e. The molecule has 1 aliphatic rings. The van der Waals surface area contributed by atoms with Gasteiger partial charge in [0.1, 0.15) is 22.6 Å². The fourth-order valence-electron chi connectivity index (χ4n) is 9.63. The van der Waals surface area contributed by atoms with Gasteiger partial charge in [0.05, 0.1) is 16.6 Å². The highest BCUT2D eigenvalue weighted by Crippen LogP contribution is 2.45. The summed E-state index contributed by atoms with van der Waals surface area (Å²) in [4.78, 5) is 12.2. The molecular weight excluding hydrogens is 732 g/mol. The molecule has 0 saturated carbocycles. The maximum atomic E-state index is 17.3. The van der Waals surface area contributed by atoms with E-state index in [4.69, 9.17) is 14.4 Å². The molecule has 1 unspecified atom stereocenters. The molecule has 58 heavy (non-hydrogen) atoms. The summed E-state index contributed by atoms with van der Waals surface area (Å²) in [5.74, 6) is 0.832. The van der Waals surface area contributed by atoms with Crippen LogP contribution in [0.5, 0.6) is 0 Å². The average molecular weight is 765 g/mol. The zero-order valence-corrected chi connectivity index (χ0v) is 32.1. The van der Waals surface area contributed by atoms with Crippen molar-refractivity contribution in [2.45, 2.75) is 6.17 Å². The van der Waals surface area contributed by atoms with Crippen molar-refractivity contribution in [1.29, 1.82) is 0 Å². The Bertz CT molecular complexity index is 3360. The summed E-state index contributed by atoms with van der Waals surface area (Å²) < 4.78 is 25.9. The second-order valence-electron chi connectivity index (χ2n) is 15.0. The number of fused-ring (bicyclic) bond motifs is 12. The van der Waals surface area contributed by atoms with Gasteiger partial charge in [-0.3, -0.25) is 9.30 Å². The molecule has 12 rings (SSSR count).